The molecule has 1 aromatic rings. The van der Waals surface area contributed by atoms with Gasteiger partial charge in [0, 0.05) is 31.9 Å². The molecule has 0 radical (unpaired) electrons. The third-order valence-corrected chi connectivity index (χ3v) is 6.07. The Morgan fingerprint density at radius 2 is 1.40 bits per heavy atom. The first-order valence-electron chi connectivity index (χ1n) is 7.47. The minimum Gasteiger partial charge on any atom is -0.372 e. The Morgan fingerprint density at radius 1 is 0.850 bits per heavy atom. The van der Waals surface area contributed by atoms with E-state index in [1.54, 1.807) is 4.31 Å². The van der Waals surface area contributed by atoms with Crippen LogP contribution in [0.2, 0.25) is 0 Å². The first-order chi connectivity index (χ1) is 9.65. The number of hydrogen-bond acceptors (Lipinski definition) is 3. The van der Waals surface area contributed by atoms with Gasteiger partial charge in [-0.1, -0.05) is 12.1 Å². The molecule has 4 nitrogen and oxygen atoms in total. The maximum Gasteiger partial charge on any atom is 0.218 e. The Morgan fingerprint density at radius 3 is 2.00 bits per heavy atom. The van der Waals surface area contributed by atoms with Crippen molar-refractivity contribution in [2.45, 2.75) is 31.4 Å². The van der Waals surface area contributed by atoms with Crippen LogP contribution in [-0.2, 0) is 15.8 Å². The normalized spacial score (nSPS) is 20.7. The van der Waals surface area contributed by atoms with E-state index in [1.807, 2.05) is 12.1 Å². The minimum atomic E-state index is -3.13. The van der Waals surface area contributed by atoms with Crippen molar-refractivity contribution in [3.8, 4) is 0 Å². The van der Waals surface area contributed by atoms with E-state index in [-0.39, 0.29) is 5.75 Å². The van der Waals surface area contributed by atoms with Crippen molar-refractivity contribution >= 4 is 15.7 Å². The number of nitrogens with zero attached hydrogens (tertiary/aromatic N) is 2. The molecule has 20 heavy (non-hydrogen) atoms. The summed E-state index contributed by atoms with van der Waals surface area (Å²) < 4.78 is 26.1. The molecule has 2 aliphatic heterocycles. The van der Waals surface area contributed by atoms with E-state index in [2.05, 4.69) is 17.0 Å². The van der Waals surface area contributed by atoms with Crippen LogP contribution in [-0.4, -0.2) is 38.9 Å². The Kier molecular flexibility index (Phi) is 3.98. The van der Waals surface area contributed by atoms with E-state index in [0.717, 1.165) is 31.5 Å². The van der Waals surface area contributed by atoms with Gasteiger partial charge in [-0.2, -0.15) is 0 Å². The van der Waals surface area contributed by atoms with Crippen molar-refractivity contribution in [2.75, 3.05) is 31.1 Å². The van der Waals surface area contributed by atoms with Gasteiger partial charge >= 0.3 is 0 Å². The van der Waals surface area contributed by atoms with Crippen LogP contribution in [0, 0.1) is 0 Å². The maximum absolute atomic E-state index is 12.3. The summed E-state index contributed by atoms with van der Waals surface area (Å²) in [7, 11) is -3.13. The second kappa shape index (κ2) is 5.74. The van der Waals surface area contributed by atoms with Crippen molar-refractivity contribution in [1.82, 2.24) is 4.31 Å². The molecule has 0 bridgehead atoms. The SMILES string of the molecule is O=S(=O)(Cc1ccc(N2CCCC2)cc1)N1CCCC1. The highest BCUT2D eigenvalue weighted by molar-refractivity contribution is 7.88. The van der Waals surface area contributed by atoms with Crippen LogP contribution in [0.3, 0.4) is 0 Å². The summed E-state index contributed by atoms with van der Waals surface area (Å²) in [6, 6.07) is 8.03. The molecule has 0 saturated carbocycles. The summed E-state index contributed by atoms with van der Waals surface area (Å²) >= 11 is 0. The van der Waals surface area contributed by atoms with Gasteiger partial charge in [-0.25, -0.2) is 12.7 Å². The number of sulfonamides is 1. The van der Waals surface area contributed by atoms with Crippen molar-refractivity contribution in [1.29, 1.82) is 0 Å². The number of hydrogen-bond donors (Lipinski definition) is 0. The molecule has 0 atom stereocenters. The van der Waals surface area contributed by atoms with Gasteiger partial charge in [0.25, 0.3) is 0 Å². The Hall–Kier alpha value is -1.07. The summed E-state index contributed by atoms with van der Waals surface area (Å²) in [5, 5.41) is 0. The second-order valence-corrected chi connectivity index (χ2v) is 7.69. The zero-order valence-electron chi connectivity index (χ0n) is 11.8. The van der Waals surface area contributed by atoms with E-state index in [1.165, 1.54) is 18.5 Å². The van der Waals surface area contributed by atoms with E-state index >= 15 is 0 Å². The largest absolute Gasteiger partial charge is 0.372 e. The van der Waals surface area contributed by atoms with Gasteiger partial charge in [-0.3, -0.25) is 0 Å². The predicted molar refractivity (Wildman–Crippen MR) is 81.3 cm³/mol. The molecule has 0 spiro atoms. The summed E-state index contributed by atoms with van der Waals surface area (Å²) in [6.45, 7) is 3.61. The molecule has 2 fully saturated rings. The monoisotopic (exact) mass is 294 g/mol. The van der Waals surface area contributed by atoms with Crippen LogP contribution in [0.5, 0.6) is 0 Å². The molecule has 2 saturated heterocycles. The fourth-order valence-electron chi connectivity index (χ4n) is 3.05. The smallest absolute Gasteiger partial charge is 0.218 e. The van der Waals surface area contributed by atoms with Crippen LogP contribution < -0.4 is 4.90 Å². The molecule has 0 amide bonds. The lowest BCUT2D eigenvalue weighted by Gasteiger charge is -2.18. The van der Waals surface area contributed by atoms with Crippen molar-refractivity contribution in [3.63, 3.8) is 0 Å². The van der Waals surface area contributed by atoms with E-state index < -0.39 is 10.0 Å². The van der Waals surface area contributed by atoms with E-state index in [9.17, 15) is 8.42 Å². The first-order valence-corrected chi connectivity index (χ1v) is 9.08. The molecular weight excluding hydrogens is 272 g/mol. The molecular formula is C15H22N2O2S. The quantitative estimate of drug-likeness (QED) is 0.855. The Balaban J connectivity index is 1.68. The van der Waals surface area contributed by atoms with Gasteiger partial charge in [0.1, 0.15) is 0 Å². The molecule has 0 aromatic heterocycles. The second-order valence-electron chi connectivity index (χ2n) is 5.72. The average Bonchev–Trinajstić information content (AvgIpc) is 3.13. The molecule has 3 rings (SSSR count). The molecule has 0 N–H and O–H groups in total. The lowest BCUT2D eigenvalue weighted by atomic mass is 10.2. The van der Waals surface area contributed by atoms with E-state index in [0.29, 0.717) is 13.1 Å². The fourth-order valence-corrected chi connectivity index (χ4v) is 4.66. The summed E-state index contributed by atoms with van der Waals surface area (Å²) in [6.07, 6.45) is 4.50. The van der Waals surface area contributed by atoms with Gasteiger partial charge in [0.05, 0.1) is 5.75 Å². The maximum atomic E-state index is 12.3. The van der Waals surface area contributed by atoms with Crippen molar-refractivity contribution < 1.29 is 8.42 Å². The average molecular weight is 294 g/mol. The topological polar surface area (TPSA) is 40.6 Å². The fraction of sp³-hybridized carbons (Fsp3) is 0.600. The zero-order valence-corrected chi connectivity index (χ0v) is 12.6. The highest BCUT2D eigenvalue weighted by Crippen LogP contribution is 2.22. The summed E-state index contributed by atoms with van der Waals surface area (Å²) in [4.78, 5) is 2.36. The number of benzene rings is 1. The first kappa shape index (κ1) is 13.9. The van der Waals surface area contributed by atoms with Crippen LogP contribution in [0.25, 0.3) is 0 Å². The predicted octanol–water partition coefficient (Wildman–Crippen LogP) is 2.21. The number of rotatable bonds is 4. The van der Waals surface area contributed by atoms with Crippen LogP contribution >= 0.6 is 0 Å². The standard InChI is InChI=1S/C15H22N2O2S/c18-20(19,17-11-3-4-12-17)13-14-5-7-15(8-6-14)16-9-1-2-10-16/h5-8H,1-4,9-13H2. The van der Waals surface area contributed by atoms with Gasteiger partial charge in [0.2, 0.25) is 10.0 Å². The minimum absolute atomic E-state index is 0.132. The van der Waals surface area contributed by atoms with Crippen molar-refractivity contribution in [3.05, 3.63) is 29.8 Å². The molecule has 0 unspecified atom stereocenters. The van der Waals surface area contributed by atoms with Gasteiger partial charge in [-0.05, 0) is 43.4 Å². The Bertz CT molecular complexity index is 542. The van der Waals surface area contributed by atoms with Gasteiger partial charge in [0.15, 0.2) is 0 Å². The third-order valence-electron chi connectivity index (χ3n) is 4.22. The highest BCUT2D eigenvalue weighted by Gasteiger charge is 2.25. The van der Waals surface area contributed by atoms with Gasteiger partial charge < -0.3 is 4.90 Å². The van der Waals surface area contributed by atoms with Crippen LogP contribution in [0.15, 0.2) is 24.3 Å². The van der Waals surface area contributed by atoms with Crippen LogP contribution in [0.4, 0.5) is 5.69 Å². The lowest BCUT2D eigenvalue weighted by Crippen LogP contribution is -2.29. The molecule has 0 aliphatic carbocycles. The number of anilines is 1. The summed E-state index contributed by atoms with van der Waals surface area (Å²) in [5.74, 6) is 0.132. The lowest BCUT2D eigenvalue weighted by molar-refractivity contribution is 0.476. The van der Waals surface area contributed by atoms with Crippen LogP contribution in [0.1, 0.15) is 31.2 Å². The molecule has 2 aliphatic rings. The third kappa shape index (κ3) is 2.99. The Labute approximate surface area is 121 Å². The van der Waals surface area contributed by atoms with Crippen molar-refractivity contribution in [2.24, 2.45) is 0 Å². The highest BCUT2D eigenvalue weighted by atomic mass is 32.2. The molecule has 5 heteroatoms. The summed E-state index contributed by atoms with van der Waals surface area (Å²) in [5.41, 5.74) is 2.10. The zero-order chi connectivity index (χ0) is 14.0. The molecule has 1 aromatic carbocycles. The van der Waals surface area contributed by atoms with Gasteiger partial charge in [-0.15, -0.1) is 0 Å². The van der Waals surface area contributed by atoms with E-state index in [4.69, 9.17) is 0 Å². The molecule has 110 valence electrons. The molecule has 2 heterocycles.